The summed E-state index contributed by atoms with van der Waals surface area (Å²) in [7, 11) is 4.44. The fourth-order valence-corrected chi connectivity index (χ4v) is 2.37. The number of rotatable bonds is 3. The summed E-state index contributed by atoms with van der Waals surface area (Å²) in [6, 6.07) is 0.779. The van der Waals surface area contributed by atoms with Crippen molar-refractivity contribution in [3.8, 4) is 0 Å². The van der Waals surface area contributed by atoms with E-state index in [1.54, 1.807) is 0 Å². The Labute approximate surface area is 84.0 Å². The first-order chi connectivity index (χ1) is 5.74. The molecule has 3 heteroatoms. The molecule has 1 fully saturated rings. The summed E-state index contributed by atoms with van der Waals surface area (Å²) in [4.78, 5) is 4.89. The molecule has 1 heterocycles. The SMILES string of the molecule is CN1CCCC(N(C)CCBr)C1. The van der Waals surface area contributed by atoms with Gasteiger partial charge in [0.1, 0.15) is 0 Å². The highest BCUT2D eigenvalue weighted by atomic mass is 79.9. The Morgan fingerprint density at radius 2 is 2.33 bits per heavy atom. The third-order valence-corrected chi connectivity index (χ3v) is 3.01. The van der Waals surface area contributed by atoms with Gasteiger partial charge >= 0.3 is 0 Å². The Balaban J connectivity index is 2.29. The molecular weight excluding hydrogens is 216 g/mol. The van der Waals surface area contributed by atoms with Crippen LogP contribution in [0.25, 0.3) is 0 Å². The van der Waals surface area contributed by atoms with E-state index in [9.17, 15) is 0 Å². The molecule has 0 amide bonds. The van der Waals surface area contributed by atoms with E-state index in [0.29, 0.717) is 0 Å². The molecule has 0 N–H and O–H groups in total. The number of halogens is 1. The number of hydrogen-bond donors (Lipinski definition) is 0. The Bertz CT molecular complexity index is 130. The molecule has 1 aliphatic rings. The van der Waals surface area contributed by atoms with E-state index in [2.05, 4.69) is 39.8 Å². The fraction of sp³-hybridized carbons (Fsp3) is 1.00. The Hall–Kier alpha value is 0.400. The molecule has 0 aromatic rings. The first-order valence-electron chi connectivity index (χ1n) is 4.69. The topological polar surface area (TPSA) is 6.48 Å². The van der Waals surface area contributed by atoms with E-state index in [0.717, 1.165) is 11.4 Å². The van der Waals surface area contributed by atoms with Crippen LogP contribution in [0, 0.1) is 0 Å². The van der Waals surface area contributed by atoms with Crippen LogP contribution >= 0.6 is 15.9 Å². The molecule has 1 unspecified atom stereocenters. The van der Waals surface area contributed by atoms with Gasteiger partial charge in [0.25, 0.3) is 0 Å². The van der Waals surface area contributed by atoms with Crippen LogP contribution in [-0.2, 0) is 0 Å². The number of alkyl halides is 1. The third-order valence-electron chi connectivity index (χ3n) is 2.66. The molecule has 0 radical (unpaired) electrons. The summed E-state index contributed by atoms with van der Waals surface area (Å²) in [6.07, 6.45) is 2.72. The van der Waals surface area contributed by atoms with E-state index >= 15 is 0 Å². The monoisotopic (exact) mass is 234 g/mol. The van der Waals surface area contributed by atoms with E-state index in [4.69, 9.17) is 0 Å². The molecule has 1 saturated heterocycles. The van der Waals surface area contributed by atoms with Crippen molar-refractivity contribution in [2.75, 3.05) is 39.1 Å². The van der Waals surface area contributed by atoms with Crippen LogP contribution in [0.5, 0.6) is 0 Å². The maximum atomic E-state index is 3.48. The summed E-state index contributed by atoms with van der Waals surface area (Å²) in [6.45, 7) is 3.68. The second-order valence-electron chi connectivity index (χ2n) is 3.73. The molecule has 2 nitrogen and oxygen atoms in total. The molecule has 12 heavy (non-hydrogen) atoms. The van der Waals surface area contributed by atoms with E-state index in [-0.39, 0.29) is 0 Å². The molecule has 0 aromatic heterocycles. The molecule has 0 spiro atoms. The van der Waals surface area contributed by atoms with Gasteiger partial charge in [-0.1, -0.05) is 15.9 Å². The smallest absolute Gasteiger partial charge is 0.0220 e. The summed E-state index contributed by atoms with van der Waals surface area (Å²) in [5, 5.41) is 1.09. The first kappa shape index (κ1) is 10.5. The van der Waals surface area contributed by atoms with Crippen molar-refractivity contribution in [3.05, 3.63) is 0 Å². The van der Waals surface area contributed by atoms with Crippen molar-refractivity contribution in [2.24, 2.45) is 0 Å². The van der Waals surface area contributed by atoms with Crippen molar-refractivity contribution < 1.29 is 0 Å². The standard InChI is InChI=1S/C9H19BrN2/c1-11-6-3-4-9(8-11)12(2)7-5-10/h9H,3-8H2,1-2H3. The molecule has 0 bridgehead atoms. The number of likely N-dealkylation sites (tertiary alicyclic amines) is 1. The van der Waals surface area contributed by atoms with Gasteiger partial charge in [-0.2, -0.15) is 0 Å². The molecule has 0 aliphatic carbocycles. The van der Waals surface area contributed by atoms with E-state index in [1.165, 1.54) is 32.5 Å². The molecule has 0 saturated carbocycles. The van der Waals surface area contributed by atoms with Gasteiger partial charge in [0.15, 0.2) is 0 Å². The number of hydrogen-bond acceptors (Lipinski definition) is 2. The quantitative estimate of drug-likeness (QED) is 0.682. The normalized spacial score (nSPS) is 26.5. The molecule has 1 aliphatic heterocycles. The Morgan fingerprint density at radius 3 is 2.92 bits per heavy atom. The lowest BCUT2D eigenvalue weighted by atomic mass is 10.1. The van der Waals surface area contributed by atoms with Gasteiger partial charge < -0.3 is 9.80 Å². The van der Waals surface area contributed by atoms with E-state index in [1.807, 2.05) is 0 Å². The van der Waals surface area contributed by atoms with E-state index < -0.39 is 0 Å². The summed E-state index contributed by atoms with van der Waals surface area (Å²) in [5.74, 6) is 0. The van der Waals surface area contributed by atoms with Crippen LogP contribution in [0.4, 0.5) is 0 Å². The van der Waals surface area contributed by atoms with Gasteiger partial charge in [-0.3, -0.25) is 0 Å². The van der Waals surface area contributed by atoms with Crippen LogP contribution in [0.1, 0.15) is 12.8 Å². The minimum atomic E-state index is 0.779. The minimum absolute atomic E-state index is 0.779. The average Bonchev–Trinajstić information content (AvgIpc) is 2.05. The number of nitrogens with zero attached hydrogens (tertiary/aromatic N) is 2. The highest BCUT2D eigenvalue weighted by Gasteiger charge is 2.19. The second kappa shape index (κ2) is 5.20. The van der Waals surface area contributed by atoms with Gasteiger partial charge in [-0.25, -0.2) is 0 Å². The van der Waals surface area contributed by atoms with Crippen molar-refractivity contribution in [1.82, 2.24) is 9.80 Å². The highest BCUT2D eigenvalue weighted by Crippen LogP contribution is 2.12. The van der Waals surface area contributed by atoms with Crippen LogP contribution in [-0.4, -0.2) is 54.9 Å². The Morgan fingerprint density at radius 1 is 1.58 bits per heavy atom. The van der Waals surface area contributed by atoms with Crippen molar-refractivity contribution in [3.63, 3.8) is 0 Å². The van der Waals surface area contributed by atoms with Crippen LogP contribution in [0.15, 0.2) is 0 Å². The van der Waals surface area contributed by atoms with Gasteiger partial charge in [-0.05, 0) is 33.5 Å². The zero-order valence-corrected chi connectivity index (χ0v) is 9.68. The first-order valence-corrected chi connectivity index (χ1v) is 5.81. The fourth-order valence-electron chi connectivity index (χ4n) is 1.81. The van der Waals surface area contributed by atoms with Crippen molar-refractivity contribution in [1.29, 1.82) is 0 Å². The molecule has 0 aromatic carbocycles. The van der Waals surface area contributed by atoms with Gasteiger partial charge in [0.05, 0.1) is 0 Å². The van der Waals surface area contributed by atoms with Gasteiger partial charge in [-0.15, -0.1) is 0 Å². The zero-order valence-electron chi connectivity index (χ0n) is 8.09. The minimum Gasteiger partial charge on any atom is -0.305 e. The van der Waals surface area contributed by atoms with Gasteiger partial charge in [0, 0.05) is 24.5 Å². The molecule has 72 valence electrons. The maximum Gasteiger partial charge on any atom is 0.0220 e. The molecule has 1 rings (SSSR count). The zero-order chi connectivity index (χ0) is 8.97. The van der Waals surface area contributed by atoms with Crippen LogP contribution in [0.3, 0.4) is 0 Å². The predicted molar refractivity (Wildman–Crippen MR) is 56.9 cm³/mol. The average molecular weight is 235 g/mol. The third kappa shape index (κ3) is 3.04. The van der Waals surface area contributed by atoms with Crippen molar-refractivity contribution >= 4 is 15.9 Å². The second-order valence-corrected chi connectivity index (χ2v) is 4.52. The highest BCUT2D eigenvalue weighted by molar-refractivity contribution is 9.09. The Kier molecular flexibility index (Phi) is 4.54. The lowest BCUT2D eigenvalue weighted by Crippen LogP contribution is -2.45. The lowest BCUT2D eigenvalue weighted by molar-refractivity contribution is 0.140. The van der Waals surface area contributed by atoms with Gasteiger partial charge in [0.2, 0.25) is 0 Å². The van der Waals surface area contributed by atoms with Crippen LogP contribution < -0.4 is 0 Å². The maximum absolute atomic E-state index is 3.48. The number of likely N-dealkylation sites (N-methyl/N-ethyl adjacent to an activating group) is 2. The largest absolute Gasteiger partial charge is 0.305 e. The molecular formula is C9H19BrN2. The summed E-state index contributed by atoms with van der Waals surface area (Å²) < 4.78 is 0. The lowest BCUT2D eigenvalue weighted by Gasteiger charge is -2.35. The van der Waals surface area contributed by atoms with Crippen LogP contribution in [0.2, 0.25) is 0 Å². The number of piperidine rings is 1. The summed E-state index contributed by atoms with van der Waals surface area (Å²) >= 11 is 3.48. The predicted octanol–water partition coefficient (Wildman–Crippen LogP) is 1.41. The summed E-state index contributed by atoms with van der Waals surface area (Å²) in [5.41, 5.74) is 0. The molecule has 1 atom stereocenters. The van der Waals surface area contributed by atoms with Crippen molar-refractivity contribution in [2.45, 2.75) is 18.9 Å².